The molecule has 2 atom stereocenters. The molecule has 31 heavy (non-hydrogen) atoms. The number of anilines is 1. The van der Waals surface area contributed by atoms with Crippen LogP contribution in [0.25, 0.3) is 5.57 Å². The van der Waals surface area contributed by atoms with E-state index in [1.807, 2.05) is 26.0 Å². The largest absolute Gasteiger partial charge is 0.396 e. The Bertz CT molecular complexity index is 1020. The predicted molar refractivity (Wildman–Crippen MR) is 127 cm³/mol. The lowest BCUT2D eigenvalue weighted by Crippen LogP contribution is -2.20. The van der Waals surface area contributed by atoms with Gasteiger partial charge in [-0.15, -0.1) is 0 Å². The van der Waals surface area contributed by atoms with Crippen LogP contribution in [-0.4, -0.2) is 10.9 Å². The Kier molecular flexibility index (Phi) is 8.65. The lowest BCUT2D eigenvalue weighted by Gasteiger charge is -2.15. The molecule has 5 nitrogen and oxygen atoms in total. The normalized spacial score (nSPS) is 18.1. The number of amides is 1. The fraction of sp³-hybridized carbons (Fsp3) is 0.400. The van der Waals surface area contributed by atoms with Gasteiger partial charge in [0.1, 0.15) is 0 Å². The van der Waals surface area contributed by atoms with E-state index in [1.165, 1.54) is 12.6 Å². The highest BCUT2D eigenvalue weighted by atomic mass is 35.5. The summed E-state index contributed by atoms with van der Waals surface area (Å²) in [5.74, 6) is 0.779. The number of primary amides is 1. The number of pyridine rings is 1. The first kappa shape index (κ1) is 24.4. The van der Waals surface area contributed by atoms with Gasteiger partial charge in [0.2, 0.25) is 5.91 Å². The lowest BCUT2D eigenvalue weighted by molar-refractivity contribution is -0.121. The van der Waals surface area contributed by atoms with Crippen molar-refractivity contribution in [1.82, 2.24) is 4.98 Å². The molecule has 1 amide bonds. The average molecular weight is 439 g/mol. The van der Waals surface area contributed by atoms with E-state index in [2.05, 4.69) is 31.0 Å². The fourth-order valence-corrected chi connectivity index (χ4v) is 4.15. The highest BCUT2D eigenvalue weighted by molar-refractivity contribution is 6.35. The molecular weight excluding hydrogens is 408 g/mol. The van der Waals surface area contributed by atoms with Gasteiger partial charge in [0.05, 0.1) is 28.5 Å². The van der Waals surface area contributed by atoms with Crippen LogP contribution >= 0.6 is 11.6 Å². The van der Waals surface area contributed by atoms with E-state index < -0.39 is 0 Å². The molecule has 2 unspecified atom stereocenters. The van der Waals surface area contributed by atoms with E-state index in [0.29, 0.717) is 22.2 Å². The van der Waals surface area contributed by atoms with Gasteiger partial charge in [-0.1, -0.05) is 37.6 Å². The van der Waals surface area contributed by atoms with Crippen LogP contribution in [0.5, 0.6) is 0 Å². The summed E-state index contributed by atoms with van der Waals surface area (Å²) in [7, 11) is 0. The molecule has 2 aromatic rings. The molecule has 6 heteroatoms. The van der Waals surface area contributed by atoms with Crippen LogP contribution in [-0.2, 0) is 4.79 Å². The quantitative estimate of drug-likeness (QED) is 0.651. The van der Waals surface area contributed by atoms with E-state index in [-0.39, 0.29) is 11.8 Å². The zero-order valence-electron chi connectivity index (χ0n) is 18.7. The van der Waals surface area contributed by atoms with Gasteiger partial charge >= 0.3 is 0 Å². The molecule has 0 aliphatic heterocycles. The van der Waals surface area contributed by atoms with Crippen molar-refractivity contribution in [3.05, 3.63) is 63.4 Å². The van der Waals surface area contributed by atoms with Gasteiger partial charge < -0.3 is 11.5 Å². The predicted octanol–water partition coefficient (Wildman–Crippen LogP) is 5.56. The second kappa shape index (κ2) is 11.0. The van der Waals surface area contributed by atoms with Gasteiger partial charge in [0.15, 0.2) is 0 Å². The number of rotatable bonds is 4. The molecule has 3 rings (SSSR count). The number of aryl methyl sites for hydroxylation is 2. The summed E-state index contributed by atoms with van der Waals surface area (Å²) in [5, 5.41) is 9.78. The number of carbonyl (C=O) groups is 1. The summed E-state index contributed by atoms with van der Waals surface area (Å²) in [6, 6.07) is 6.16. The van der Waals surface area contributed by atoms with E-state index in [4.69, 9.17) is 23.1 Å². The Morgan fingerprint density at radius 2 is 1.97 bits per heavy atom. The zero-order chi connectivity index (χ0) is 23.1. The summed E-state index contributed by atoms with van der Waals surface area (Å²) in [6.45, 7) is 8.19. The molecular formula is C25H31ClN4O. The van der Waals surface area contributed by atoms with E-state index >= 15 is 0 Å². The first-order valence-corrected chi connectivity index (χ1v) is 11.0. The molecule has 1 fully saturated rings. The van der Waals surface area contributed by atoms with E-state index in [9.17, 15) is 10.1 Å². The Morgan fingerprint density at radius 3 is 2.48 bits per heavy atom. The smallest absolute Gasteiger partial charge is 0.220 e. The summed E-state index contributed by atoms with van der Waals surface area (Å²) in [5.41, 5.74) is 16.9. The molecule has 1 aliphatic rings. The number of benzene rings is 1. The number of halogens is 1. The SMILES string of the molecule is CC/C=C(\c1cc(C#N)c(C)cc1C)c1cncc(N)c1Cl.CC1CCC(C(N)=O)C1. The Morgan fingerprint density at radius 1 is 1.26 bits per heavy atom. The fourth-order valence-electron chi connectivity index (χ4n) is 3.95. The minimum absolute atomic E-state index is 0.112. The van der Waals surface area contributed by atoms with Gasteiger partial charge in [-0.2, -0.15) is 5.26 Å². The maximum Gasteiger partial charge on any atom is 0.220 e. The van der Waals surface area contributed by atoms with Crippen molar-refractivity contribution in [3.63, 3.8) is 0 Å². The maximum absolute atomic E-state index is 10.6. The van der Waals surface area contributed by atoms with Gasteiger partial charge in [0, 0.05) is 17.7 Å². The number of allylic oxidation sites excluding steroid dienone is 1. The lowest BCUT2D eigenvalue weighted by atomic mass is 9.91. The Labute approximate surface area is 190 Å². The number of nitrogens with zero attached hydrogens (tertiary/aromatic N) is 2. The number of hydrogen-bond acceptors (Lipinski definition) is 4. The second-order valence-corrected chi connectivity index (χ2v) is 8.61. The molecule has 0 radical (unpaired) electrons. The van der Waals surface area contributed by atoms with E-state index in [0.717, 1.165) is 47.1 Å². The van der Waals surface area contributed by atoms with Gasteiger partial charge in [-0.3, -0.25) is 9.78 Å². The van der Waals surface area contributed by atoms with Crippen molar-refractivity contribution in [2.45, 2.75) is 53.4 Å². The minimum atomic E-state index is -0.112. The van der Waals surface area contributed by atoms with Crippen LogP contribution in [0.1, 0.15) is 67.3 Å². The number of nitrogen functional groups attached to an aromatic ring is 1. The Hall–Kier alpha value is -2.84. The molecule has 0 bridgehead atoms. The van der Waals surface area contributed by atoms with Gasteiger partial charge in [-0.05, 0) is 73.8 Å². The molecule has 1 aromatic heterocycles. The molecule has 1 heterocycles. The van der Waals surface area contributed by atoms with Crippen molar-refractivity contribution in [1.29, 1.82) is 5.26 Å². The van der Waals surface area contributed by atoms with Crippen molar-refractivity contribution < 1.29 is 4.79 Å². The average Bonchev–Trinajstić information content (AvgIpc) is 3.16. The molecule has 1 saturated carbocycles. The third-order valence-electron chi connectivity index (χ3n) is 5.68. The first-order valence-electron chi connectivity index (χ1n) is 10.6. The number of nitriles is 1. The molecule has 164 valence electrons. The van der Waals surface area contributed by atoms with Crippen molar-refractivity contribution in [3.8, 4) is 6.07 Å². The second-order valence-electron chi connectivity index (χ2n) is 8.23. The third kappa shape index (κ3) is 6.08. The number of carbonyl (C=O) groups excluding carboxylic acids is 1. The number of hydrogen-bond donors (Lipinski definition) is 2. The highest BCUT2D eigenvalue weighted by Crippen LogP contribution is 2.34. The van der Waals surface area contributed by atoms with Crippen LogP contribution in [0.2, 0.25) is 5.02 Å². The maximum atomic E-state index is 10.6. The zero-order valence-corrected chi connectivity index (χ0v) is 19.5. The molecule has 1 aromatic carbocycles. The van der Waals surface area contributed by atoms with Crippen LogP contribution < -0.4 is 11.5 Å². The molecule has 1 aliphatic carbocycles. The van der Waals surface area contributed by atoms with Crippen LogP contribution in [0.15, 0.2) is 30.6 Å². The monoisotopic (exact) mass is 438 g/mol. The van der Waals surface area contributed by atoms with Crippen molar-refractivity contribution in [2.24, 2.45) is 17.6 Å². The van der Waals surface area contributed by atoms with E-state index in [1.54, 1.807) is 6.20 Å². The third-order valence-corrected chi connectivity index (χ3v) is 6.11. The topological polar surface area (TPSA) is 106 Å². The Balaban J connectivity index is 0.000000316. The van der Waals surface area contributed by atoms with Crippen LogP contribution in [0, 0.1) is 37.0 Å². The van der Waals surface area contributed by atoms with Crippen molar-refractivity contribution >= 4 is 28.8 Å². The van der Waals surface area contributed by atoms with Crippen molar-refractivity contribution in [2.75, 3.05) is 5.73 Å². The number of nitrogens with two attached hydrogens (primary N) is 2. The molecule has 0 spiro atoms. The minimum Gasteiger partial charge on any atom is -0.396 e. The highest BCUT2D eigenvalue weighted by Gasteiger charge is 2.25. The summed E-state index contributed by atoms with van der Waals surface area (Å²) in [6.07, 6.45) is 9.37. The van der Waals surface area contributed by atoms with Gasteiger partial charge in [-0.25, -0.2) is 0 Å². The van der Waals surface area contributed by atoms with Crippen LogP contribution in [0.3, 0.4) is 0 Å². The summed E-state index contributed by atoms with van der Waals surface area (Å²) in [4.78, 5) is 14.7. The first-order chi connectivity index (χ1) is 14.7. The van der Waals surface area contributed by atoms with Crippen LogP contribution in [0.4, 0.5) is 5.69 Å². The molecule has 4 N–H and O–H groups in total. The summed E-state index contributed by atoms with van der Waals surface area (Å²) < 4.78 is 0. The van der Waals surface area contributed by atoms with Gasteiger partial charge in [0.25, 0.3) is 0 Å². The number of aromatic nitrogens is 1. The standard InChI is InChI=1S/C18H18ClN3.C7H13NO/c1-4-5-14(16-9-22-10-17(21)18(16)19)15-7-13(8-20)11(2)6-12(15)3;1-5-2-3-6(4-5)7(8)9/h5-7,9-10H,4,21H2,1-3H3;5-6H,2-4H2,1H3,(H2,8,9)/b14-5+;. The summed E-state index contributed by atoms with van der Waals surface area (Å²) >= 11 is 6.36. The molecule has 0 saturated heterocycles.